The highest BCUT2D eigenvalue weighted by Gasteiger charge is 2.20. The van der Waals surface area contributed by atoms with Crippen LogP contribution >= 0.6 is 0 Å². The quantitative estimate of drug-likeness (QED) is 0.635. The first kappa shape index (κ1) is 14.3. The number of hydrogen-bond donors (Lipinski definition) is 2. The van der Waals surface area contributed by atoms with Gasteiger partial charge in [-0.15, -0.1) is 0 Å². The Hall–Kier alpha value is -1.13. The summed E-state index contributed by atoms with van der Waals surface area (Å²) in [5.74, 6) is 6.28. The third kappa shape index (κ3) is 3.67. The number of halogens is 1. The summed E-state index contributed by atoms with van der Waals surface area (Å²) in [5.41, 5.74) is 3.72. The lowest BCUT2D eigenvalue weighted by molar-refractivity contribution is 0.300. The first-order chi connectivity index (χ1) is 9.24. The molecule has 0 spiro atoms. The third-order valence-electron chi connectivity index (χ3n) is 4.07. The fourth-order valence-corrected chi connectivity index (χ4v) is 2.96. The van der Waals surface area contributed by atoms with E-state index in [4.69, 9.17) is 10.6 Å². The number of nitrogens with one attached hydrogen (secondary N) is 1. The monoisotopic (exact) mass is 266 g/mol. The highest BCUT2D eigenvalue weighted by Crippen LogP contribution is 2.32. The van der Waals surface area contributed by atoms with E-state index in [0.717, 1.165) is 12.0 Å². The lowest BCUT2D eigenvalue weighted by Crippen LogP contribution is -2.30. The average molecular weight is 266 g/mol. The predicted octanol–water partition coefficient (Wildman–Crippen LogP) is 3.31. The topological polar surface area (TPSA) is 47.3 Å². The van der Waals surface area contributed by atoms with Crippen molar-refractivity contribution in [2.24, 2.45) is 11.8 Å². The molecule has 4 heteroatoms. The van der Waals surface area contributed by atoms with Gasteiger partial charge in [-0.05, 0) is 30.0 Å². The van der Waals surface area contributed by atoms with Crippen LogP contribution in [0.15, 0.2) is 18.2 Å². The summed E-state index contributed by atoms with van der Waals surface area (Å²) in [4.78, 5) is 0. The molecule has 1 aliphatic rings. The van der Waals surface area contributed by atoms with Crippen molar-refractivity contribution >= 4 is 0 Å². The van der Waals surface area contributed by atoms with E-state index in [9.17, 15) is 4.39 Å². The maximum absolute atomic E-state index is 13.7. The number of methoxy groups -OCH3 is 1. The molecule has 1 aromatic rings. The van der Waals surface area contributed by atoms with Gasteiger partial charge in [0.2, 0.25) is 0 Å². The van der Waals surface area contributed by atoms with E-state index in [0.29, 0.717) is 5.92 Å². The Kier molecular flexibility index (Phi) is 5.16. The molecule has 1 aliphatic carbocycles. The number of benzene rings is 1. The van der Waals surface area contributed by atoms with Gasteiger partial charge in [-0.3, -0.25) is 11.3 Å². The van der Waals surface area contributed by atoms with Gasteiger partial charge in [-0.2, -0.15) is 0 Å². The number of ether oxygens (including phenoxy) is 1. The SMILES string of the molecule is COc1ccc(C(CC2CCCCC2)NN)cc1F. The Bertz CT molecular complexity index is 405. The van der Waals surface area contributed by atoms with Crippen LogP contribution in [0, 0.1) is 11.7 Å². The zero-order valence-corrected chi connectivity index (χ0v) is 11.5. The fraction of sp³-hybridized carbons (Fsp3) is 0.600. The van der Waals surface area contributed by atoms with Gasteiger partial charge >= 0.3 is 0 Å². The van der Waals surface area contributed by atoms with Crippen LogP contribution in [-0.2, 0) is 0 Å². The van der Waals surface area contributed by atoms with Crippen molar-refractivity contribution in [2.45, 2.75) is 44.6 Å². The van der Waals surface area contributed by atoms with E-state index >= 15 is 0 Å². The molecule has 1 aromatic carbocycles. The summed E-state index contributed by atoms with van der Waals surface area (Å²) >= 11 is 0. The summed E-state index contributed by atoms with van der Waals surface area (Å²) in [6, 6.07) is 5.08. The molecular formula is C15H23FN2O. The van der Waals surface area contributed by atoms with Crippen LogP contribution in [0.5, 0.6) is 5.75 Å². The van der Waals surface area contributed by atoms with Gasteiger partial charge in [-0.25, -0.2) is 4.39 Å². The van der Waals surface area contributed by atoms with Crippen molar-refractivity contribution in [3.63, 3.8) is 0 Å². The predicted molar refractivity (Wildman–Crippen MR) is 74.2 cm³/mol. The van der Waals surface area contributed by atoms with Crippen molar-refractivity contribution < 1.29 is 9.13 Å². The second-order valence-corrected chi connectivity index (χ2v) is 5.35. The molecule has 0 aromatic heterocycles. The molecule has 0 saturated heterocycles. The zero-order valence-electron chi connectivity index (χ0n) is 11.5. The Labute approximate surface area is 114 Å². The van der Waals surface area contributed by atoms with Crippen LogP contribution in [0.25, 0.3) is 0 Å². The van der Waals surface area contributed by atoms with Crippen LogP contribution < -0.4 is 16.0 Å². The Morgan fingerprint density at radius 3 is 2.68 bits per heavy atom. The van der Waals surface area contributed by atoms with Crippen molar-refractivity contribution in [2.75, 3.05) is 7.11 Å². The number of hydrogen-bond acceptors (Lipinski definition) is 3. The Balaban J connectivity index is 2.05. The van der Waals surface area contributed by atoms with E-state index in [1.54, 1.807) is 6.07 Å². The van der Waals surface area contributed by atoms with Crippen molar-refractivity contribution in [1.29, 1.82) is 0 Å². The molecule has 1 fully saturated rings. The van der Waals surface area contributed by atoms with Crippen LogP contribution in [-0.4, -0.2) is 7.11 Å². The van der Waals surface area contributed by atoms with Crippen LogP contribution in [0.3, 0.4) is 0 Å². The van der Waals surface area contributed by atoms with Crippen molar-refractivity contribution in [3.8, 4) is 5.75 Å². The lowest BCUT2D eigenvalue weighted by atomic mass is 9.83. The standard InChI is InChI=1S/C15H23FN2O/c1-19-15-8-7-12(10-13(15)16)14(18-17)9-11-5-3-2-4-6-11/h7-8,10-11,14,18H,2-6,9,17H2,1H3. The molecule has 0 bridgehead atoms. The summed E-state index contributed by atoms with van der Waals surface area (Å²) < 4.78 is 18.7. The van der Waals surface area contributed by atoms with Crippen LogP contribution in [0.4, 0.5) is 4.39 Å². The summed E-state index contributed by atoms with van der Waals surface area (Å²) in [7, 11) is 1.47. The van der Waals surface area contributed by atoms with Gasteiger partial charge in [0, 0.05) is 6.04 Å². The highest BCUT2D eigenvalue weighted by molar-refractivity contribution is 5.31. The minimum atomic E-state index is -0.330. The van der Waals surface area contributed by atoms with E-state index in [1.807, 2.05) is 6.07 Å². The molecule has 1 atom stereocenters. The number of nitrogens with two attached hydrogens (primary N) is 1. The van der Waals surface area contributed by atoms with Crippen molar-refractivity contribution in [1.82, 2.24) is 5.43 Å². The zero-order chi connectivity index (χ0) is 13.7. The van der Waals surface area contributed by atoms with Gasteiger partial charge < -0.3 is 4.74 Å². The minimum absolute atomic E-state index is 0.0171. The normalized spacial score (nSPS) is 18.3. The summed E-state index contributed by atoms with van der Waals surface area (Å²) in [6.45, 7) is 0. The molecule has 1 unspecified atom stereocenters. The van der Waals surface area contributed by atoms with Gasteiger partial charge in [0.25, 0.3) is 0 Å². The maximum Gasteiger partial charge on any atom is 0.165 e. The van der Waals surface area contributed by atoms with Gasteiger partial charge in [0.15, 0.2) is 11.6 Å². The number of rotatable bonds is 5. The van der Waals surface area contributed by atoms with Crippen molar-refractivity contribution in [3.05, 3.63) is 29.6 Å². The average Bonchev–Trinajstić information content (AvgIpc) is 2.46. The highest BCUT2D eigenvalue weighted by atomic mass is 19.1. The van der Waals surface area contributed by atoms with Crippen LogP contribution in [0.1, 0.15) is 50.1 Å². The summed E-state index contributed by atoms with van der Waals surface area (Å²) in [6.07, 6.45) is 7.45. The minimum Gasteiger partial charge on any atom is -0.494 e. The second-order valence-electron chi connectivity index (χ2n) is 5.35. The maximum atomic E-state index is 13.7. The van der Waals surface area contributed by atoms with E-state index in [2.05, 4.69) is 5.43 Å². The molecule has 0 heterocycles. The third-order valence-corrected chi connectivity index (χ3v) is 4.07. The van der Waals surface area contributed by atoms with Crippen LogP contribution in [0.2, 0.25) is 0 Å². The van der Waals surface area contributed by atoms with E-state index < -0.39 is 0 Å². The van der Waals surface area contributed by atoms with E-state index in [1.165, 1.54) is 45.3 Å². The molecule has 3 nitrogen and oxygen atoms in total. The van der Waals surface area contributed by atoms with E-state index in [-0.39, 0.29) is 17.6 Å². The lowest BCUT2D eigenvalue weighted by Gasteiger charge is -2.26. The molecule has 0 amide bonds. The molecule has 0 aliphatic heterocycles. The smallest absolute Gasteiger partial charge is 0.165 e. The first-order valence-electron chi connectivity index (χ1n) is 7.04. The molecular weight excluding hydrogens is 243 g/mol. The van der Waals surface area contributed by atoms with Gasteiger partial charge in [-0.1, -0.05) is 38.2 Å². The summed E-state index contributed by atoms with van der Waals surface area (Å²) in [5, 5.41) is 0. The molecule has 2 rings (SSSR count). The largest absolute Gasteiger partial charge is 0.494 e. The molecule has 106 valence electrons. The molecule has 1 saturated carbocycles. The number of hydrazine groups is 1. The van der Waals surface area contributed by atoms with Gasteiger partial charge in [0.1, 0.15) is 0 Å². The molecule has 3 N–H and O–H groups in total. The molecule has 0 radical (unpaired) electrons. The second kappa shape index (κ2) is 6.87. The molecule has 19 heavy (non-hydrogen) atoms. The Morgan fingerprint density at radius 1 is 1.37 bits per heavy atom. The Morgan fingerprint density at radius 2 is 2.11 bits per heavy atom. The first-order valence-corrected chi connectivity index (χ1v) is 7.04. The van der Waals surface area contributed by atoms with Gasteiger partial charge in [0.05, 0.1) is 7.11 Å². The fourth-order valence-electron chi connectivity index (χ4n) is 2.96.